The van der Waals surface area contributed by atoms with Crippen molar-refractivity contribution in [2.75, 3.05) is 7.11 Å². The molecule has 0 amide bonds. The molecule has 0 unspecified atom stereocenters. The highest BCUT2D eigenvalue weighted by Crippen LogP contribution is 2.13. The van der Waals surface area contributed by atoms with Crippen LogP contribution < -0.4 is 0 Å². The zero-order valence-corrected chi connectivity index (χ0v) is 7.53. The van der Waals surface area contributed by atoms with Crippen molar-refractivity contribution in [3.63, 3.8) is 0 Å². The molecule has 0 radical (unpaired) electrons. The predicted molar refractivity (Wildman–Crippen MR) is 52.5 cm³/mol. The summed E-state index contributed by atoms with van der Waals surface area (Å²) in [6, 6.07) is 10.2. The third-order valence-electron chi connectivity index (χ3n) is 1.98. The van der Waals surface area contributed by atoms with Crippen LogP contribution >= 0.6 is 0 Å². The van der Waals surface area contributed by atoms with Gasteiger partial charge in [0.2, 0.25) is 0 Å². The highest BCUT2D eigenvalue weighted by Gasteiger charge is 1.95. The van der Waals surface area contributed by atoms with E-state index in [9.17, 15) is 0 Å². The maximum Gasteiger partial charge on any atom is 0.0713 e. The first-order valence-electron chi connectivity index (χ1n) is 4.23. The average Bonchev–Trinajstić information content (AvgIpc) is 2.18. The van der Waals surface area contributed by atoms with E-state index >= 15 is 0 Å². The first kappa shape index (κ1) is 8.20. The summed E-state index contributed by atoms with van der Waals surface area (Å²) in [6.07, 6.45) is 1.80. The van der Waals surface area contributed by atoms with Crippen molar-refractivity contribution in [2.45, 2.75) is 6.61 Å². The summed E-state index contributed by atoms with van der Waals surface area (Å²) < 4.78 is 5.06. The first-order valence-corrected chi connectivity index (χ1v) is 4.23. The lowest BCUT2D eigenvalue weighted by Gasteiger charge is -2.01. The number of methoxy groups -OCH3 is 1. The molecule has 2 nitrogen and oxygen atoms in total. The Balaban J connectivity index is 2.49. The molecule has 0 spiro atoms. The lowest BCUT2D eigenvalue weighted by atomic mass is 10.1. The molecule has 0 aliphatic rings. The number of ether oxygens (including phenoxy) is 1. The summed E-state index contributed by atoms with van der Waals surface area (Å²) in [5, 5.41) is 1.16. The maximum absolute atomic E-state index is 5.06. The molecule has 1 aromatic carbocycles. The lowest BCUT2D eigenvalue weighted by molar-refractivity contribution is 0.185. The molecular weight excluding hydrogens is 162 g/mol. The van der Waals surface area contributed by atoms with Gasteiger partial charge in [-0.25, -0.2) is 0 Å². The van der Waals surface area contributed by atoms with Crippen LogP contribution in [0.4, 0.5) is 0 Å². The molecule has 1 aromatic heterocycles. The van der Waals surface area contributed by atoms with E-state index in [0.29, 0.717) is 6.61 Å². The molecule has 0 aliphatic carbocycles. The molecule has 0 aliphatic heterocycles. The molecule has 0 atom stereocenters. The Labute approximate surface area is 77.2 Å². The van der Waals surface area contributed by atoms with Crippen LogP contribution in [0.25, 0.3) is 10.9 Å². The number of aromatic nitrogens is 1. The van der Waals surface area contributed by atoms with Crippen LogP contribution in [-0.2, 0) is 11.3 Å². The van der Waals surface area contributed by atoms with Gasteiger partial charge in [-0.2, -0.15) is 0 Å². The number of nitrogens with zero attached hydrogens (tertiary/aromatic N) is 1. The quantitative estimate of drug-likeness (QED) is 0.695. The van der Waals surface area contributed by atoms with Crippen LogP contribution in [-0.4, -0.2) is 12.1 Å². The van der Waals surface area contributed by atoms with Gasteiger partial charge in [0.25, 0.3) is 0 Å². The monoisotopic (exact) mass is 173 g/mol. The van der Waals surface area contributed by atoms with E-state index in [0.717, 1.165) is 10.9 Å². The van der Waals surface area contributed by atoms with Crippen LogP contribution in [0.3, 0.4) is 0 Å². The third kappa shape index (κ3) is 1.68. The molecule has 2 rings (SSSR count). The molecular formula is C11H11NO. The number of pyridine rings is 1. The van der Waals surface area contributed by atoms with E-state index in [1.165, 1.54) is 5.56 Å². The predicted octanol–water partition coefficient (Wildman–Crippen LogP) is 2.38. The van der Waals surface area contributed by atoms with E-state index < -0.39 is 0 Å². The number of fused-ring (bicyclic) bond motifs is 1. The minimum atomic E-state index is 0.658. The Kier molecular flexibility index (Phi) is 2.23. The topological polar surface area (TPSA) is 22.1 Å². The van der Waals surface area contributed by atoms with Crippen LogP contribution in [0.5, 0.6) is 0 Å². The minimum absolute atomic E-state index is 0.658. The van der Waals surface area contributed by atoms with Gasteiger partial charge >= 0.3 is 0 Å². The van der Waals surface area contributed by atoms with Crippen LogP contribution in [0, 0.1) is 0 Å². The van der Waals surface area contributed by atoms with Crippen LogP contribution in [0.1, 0.15) is 5.56 Å². The second-order valence-electron chi connectivity index (χ2n) is 2.96. The van der Waals surface area contributed by atoms with Crippen molar-refractivity contribution in [3.8, 4) is 0 Å². The Bertz CT molecular complexity index is 412. The van der Waals surface area contributed by atoms with Crippen LogP contribution in [0.2, 0.25) is 0 Å². The second-order valence-corrected chi connectivity index (χ2v) is 2.96. The number of benzene rings is 1. The van der Waals surface area contributed by atoms with Crippen molar-refractivity contribution >= 4 is 10.9 Å². The van der Waals surface area contributed by atoms with E-state index in [2.05, 4.69) is 17.1 Å². The summed E-state index contributed by atoms with van der Waals surface area (Å²) in [5.74, 6) is 0. The van der Waals surface area contributed by atoms with Gasteiger partial charge in [0.15, 0.2) is 0 Å². The molecule has 0 saturated heterocycles. The average molecular weight is 173 g/mol. The fraction of sp³-hybridized carbons (Fsp3) is 0.182. The van der Waals surface area contributed by atoms with E-state index in [1.54, 1.807) is 13.3 Å². The van der Waals surface area contributed by atoms with Crippen molar-refractivity contribution in [1.29, 1.82) is 0 Å². The van der Waals surface area contributed by atoms with Gasteiger partial charge < -0.3 is 4.74 Å². The largest absolute Gasteiger partial charge is 0.380 e. The molecule has 0 saturated carbocycles. The molecule has 0 N–H and O–H groups in total. The van der Waals surface area contributed by atoms with E-state index in [1.807, 2.05) is 18.2 Å². The fourth-order valence-electron chi connectivity index (χ4n) is 1.38. The standard InChI is InChI=1S/C11H11NO/c1-13-8-9-4-5-11-10(7-9)3-2-6-12-11/h2-7H,8H2,1H3. The third-order valence-corrected chi connectivity index (χ3v) is 1.98. The zero-order chi connectivity index (χ0) is 9.10. The van der Waals surface area contributed by atoms with E-state index in [4.69, 9.17) is 4.74 Å². The summed E-state index contributed by atoms with van der Waals surface area (Å²) in [4.78, 5) is 4.24. The number of hydrogen-bond acceptors (Lipinski definition) is 2. The van der Waals surface area contributed by atoms with Crippen LogP contribution in [0.15, 0.2) is 36.5 Å². The fourth-order valence-corrected chi connectivity index (χ4v) is 1.38. The van der Waals surface area contributed by atoms with Gasteiger partial charge in [0.1, 0.15) is 0 Å². The van der Waals surface area contributed by atoms with Crippen molar-refractivity contribution in [3.05, 3.63) is 42.1 Å². The zero-order valence-electron chi connectivity index (χ0n) is 7.53. The summed E-state index contributed by atoms with van der Waals surface area (Å²) in [5.41, 5.74) is 2.21. The second kappa shape index (κ2) is 3.54. The normalized spacial score (nSPS) is 10.5. The van der Waals surface area contributed by atoms with Gasteiger partial charge in [0.05, 0.1) is 12.1 Å². The highest BCUT2D eigenvalue weighted by molar-refractivity contribution is 5.78. The molecule has 2 aromatic rings. The molecule has 66 valence electrons. The van der Waals surface area contributed by atoms with E-state index in [-0.39, 0.29) is 0 Å². The number of hydrogen-bond donors (Lipinski definition) is 0. The van der Waals surface area contributed by atoms with Gasteiger partial charge in [-0.1, -0.05) is 12.1 Å². The number of rotatable bonds is 2. The Morgan fingerprint density at radius 1 is 1.31 bits per heavy atom. The highest BCUT2D eigenvalue weighted by atomic mass is 16.5. The summed E-state index contributed by atoms with van der Waals surface area (Å²) in [6.45, 7) is 0.658. The Morgan fingerprint density at radius 3 is 3.08 bits per heavy atom. The molecule has 13 heavy (non-hydrogen) atoms. The minimum Gasteiger partial charge on any atom is -0.380 e. The molecule has 0 fully saturated rings. The van der Waals surface area contributed by atoms with Gasteiger partial charge in [-0.3, -0.25) is 4.98 Å². The molecule has 2 heteroatoms. The molecule has 1 heterocycles. The lowest BCUT2D eigenvalue weighted by Crippen LogP contribution is -1.87. The van der Waals surface area contributed by atoms with Gasteiger partial charge in [-0.15, -0.1) is 0 Å². The summed E-state index contributed by atoms with van der Waals surface area (Å²) >= 11 is 0. The van der Waals surface area contributed by atoms with Gasteiger partial charge in [0, 0.05) is 18.7 Å². The van der Waals surface area contributed by atoms with Crippen molar-refractivity contribution in [2.24, 2.45) is 0 Å². The Hall–Kier alpha value is -1.41. The smallest absolute Gasteiger partial charge is 0.0713 e. The van der Waals surface area contributed by atoms with Crippen molar-refractivity contribution < 1.29 is 4.74 Å². The van der Waals surface area contributed by atoms with Crippen molar-refractivity contribution in [1.82, 2.24) is 4.98 Å². The summed E-state index contributed by atoms with van der Waals surface area (Å²) in [7, 11) is 1.70. The maximum atomic E-state index is 5.06. The molecule has 0 bridgehead atoms. The van der Waals surface area contributed by atoms with Gasteiger partial charge in [-0.05, 0) is 23.8 Å². The SMILES string of the molecule is COCc1ccc2ncccc2c1. The Morgan fingerprint density at radius 2 is 2.23 bits per heavy atom. The first-order chi connectivity index (χ1) is 6.40.